The number of aromatic nitrogens is 1. The van der Waals surface area contributed by atoms with E-state index >= 15 is 0 Å². The first-order valence-electron chi connectivity index (χ1n) is 9.99. The number of hydrogen-bond donors (Lipinski definition) is 0. The van der Waals surface area contributed by atoms with Gasteiger partial charge in [-0.2, -0.15) is 22.0 Å². The lowest BCUT2D eigenvalue weighted by Gasteiger charge is -2.45. The Morgan fingerprint density at radius 2 is 1.82 bits per heavy atom. The second kappa shape index (κ2) is 9.12. The fraction of sp³-hybridized carbons (Fsp3) is 0.381. The van der Waals surface area contributed by atoms with Crippen molar-refractivity contribution in [3.63, 3.8) is 0 Å². The molecule has 1 atom stereocenters. The van der Waals surface area contributed by atoms with Gasteiger partial charge >= 0.3 is 12.8 Å². The standard InChI is InChI=1S/C21H17F6N3O4/c22-15-5-14(34-20(23)24)6-28-18(15)30-8-16(31)29(17(19(30)32)12-9-33-10-12)7-11-1-3-13(4-2-11)21(25,26)27/h1-6,12,17,20H,7-10H2. The summed E-state index contributed by atoms with van der Waals surface area (Å²) in [6, 6.07) is 3.73. The number of nitrogens with zero attached hydrogens (tertiary/aromatic N) is 3. The molecule has 2 fully saturated rings. The van der Waals surface area contributed by atoms with Gasteiger partial charge in [0.15, 0.2) is 11.6 Å². The molecule has 13 heteroatoms. The molecule has 0 bridgehead atoms. The highest BCUT2D eigenvalue weighted by Crippen LogP contribution is 2.32. The van der Waals surface area contributed by atoms with E-state index in [1.54, 1.807) is 0 Å². The summed E-state index contributed by atoms with van der Waals surface area (Å²) < 4.78 is 87.0. The van der Waals surface area contributed by atoms with Gasteiger partial charge in [-0.1, -0.05) is 12.1 Å². The van der Waals surface area contributed by atoms with Crippen molar-refractivity contribution >= 4 is 17.6 Å². The Morgan fingerprint density at radius 3 is 2.35 bits per heavy atom. The summed E-state index contributed by atoms with van der Waals surface area (Å²) in [5, 5.41) is 0. The lowest BCUT2D eigenvalue weighted by molar-refractivity contribution is -0.155. The minimum Gasteiger partial charge on any atom is -0.433 e. The van der Waals surface area contributed by atoms with Gasteiger partial charge in [-0.15, -0.1) is 0 Å². The summed E-state index contributed by atoms with van der Waals surface area (Å²) in [5.74, 6) is -3.91. The molecule has 34 heavy (non-hydrogen) atoms. The highest BCUT2D eigenvalue weighted by molar-refractivity contribution is 6.06. The molecule has 3 heterocycles. The Balaban J connectivity index is 1.59. The van der Waals surface area contributed by atoms with Crippen LogP contribution in [0.25, 0.3) is 0 Å². The molecular formula is C21H17F6N3O4. The van der Waals surface area contributed by atoms with Crippen LogP contribution in [0.5, 0.6) is 5.75 Å². The summed E-state index contributed by atoms with van der Waals surface area (Å²) in [6.07, 6.45) is -3.72. The molecule has 7 nitrogen and oxygen atoms in total. The highest BCUT2D eigenvalue weighted by Gasteiger charge is 2.47. The summed E-state index contributed by atoms with van der Waals surface area (Å²) in [7, 11) is 0. The number of alkyl halides is 5. The SMILES string of the molecule is O=C1C(C2COC2)N(Cc2ccc(C(F)(F)F)cc2)C(=O)CN1c1ncc(OC(F)F)cc1F. The lowest BCUT2D eigenvalue weighted by atomic mass is 9.92. The van der Waals surface area contributed by atoms with Gasteiger partial charge in [0.2, 0.25) is 5.91 Å². The van der Waals surface area contributed by atoms with E-state index in [1.807, 2.05) is 0 Å². The van der Waals surface area contributed by atoms with Crippen LogP contribution in [0.4, 0.5) is 32.2 Å². The average Bonchev–Trinajstić information content (AvgIpc) is 2.71. The number of carbonyl (C=O) groups excluding carboxylic acids is 2. The van der Waals surface area contributed by atoms with Crippen molar-refractivity contribution < 1.29 is 45.4 Å². The number of benzene rings is 1. The third kappa shape index (κ3) is 4.79. The zero-order valence-electron chi connectivity index (χ0n) is 17.3. The number of anilines is 1. The molecule has 0 spiro atoms. The van der Waals surface area contributed by atoms with Gasteiger partial charge in [-0.05, 0) is 17.7 Å². The van der Waals surface area contributed by atoms with Gasteiger partial charge in [-0.3, -0.25) is 14.5 Å². The number of ether oxygens (including phenoxy) is 2. The number of hydrogen-bond acceptors (Lipinski definition) is 5. The largest absolute Gasteiger partial charge is 0.433 e. The van der Waals surface area contributed by atoms with E-state index in [9.17, 15) is 35.9 Å². The van der Waals surface area contributed by atoms with Crippen molar-refractivity contribution in [2.75, 3.05) is 24.7 Å². The van der Waals surface area contributed by atoms with Crippen LogP contribution in [0.2, 0.25) is 0 Å². The summed E-state index contributed by atoms with van der Waals surface area (Å²) in [4.78, 5) is 32.0. The predicted octanol–water partition coefficient (Wildman–Crippen LogP) is 3.23. The number of rotatable bonds is 6. The van der Waals surface area contributed by atoms with Crippen LogP contribution in [0.1, 0.15) is 11.1 Å². The van der Waals surface area contributed by atoms with Gasteiger partial charge in [0.25, 0.3) is 5.91 Å². The lowest BCUT2D eigenvalue weighted by Crippen LogP contribution is -2.65. The first kappa shape index (κ1) is 23.8. The normalized spacial score (nSPS) is 19.6. The van der Waals surface area contributed by atoms with Crippen LogP contribution in [0.3, 0.4) is 0 Å². The van der Waals surface area contributed by atoms with Crippen molar-refractivity contribution in [2.45, 2.75) is 25.4 Å². The van der Waals surface area contributed by atoms with E-state index in [-0.39, 0.29) is 19.8 Å². The van der Waals surface area contributed by atoms with Crippen LogP contribution in [0.15, 0.2) is 36.5 Å². The van der Waals surface area contributed by atoms with Crippen LogP contribution < -0.4 is 9.64 Å². The highest BCUT2D eigenvalue weighted by atomic mass is 19.4. The summed E-state index contributed by atoms with van der Waals surface area (Å²) in [6.45, 7) is -3.64. The Kier molecular flexibility index (Phi) is 6.39. The van der Waals surface area contributed by atoms with Gasteiger partial charge in [0.05, 0.1) is 25.0 Å². The average molecular weight is 489 g/mol. The van der Waals surface area contributed by atoms with E-state index in [1.165, 1.54) is 17.0 Å². The van der Waals surface area contributed by atoms with Gasteiger partial charge in [-0.25, -0.2) is 9.37 Å². The van der Waals surface area contributed by atoms with Crippen LogP contribution >= 0.6 is 0 Å². The van der Waals surface area contributed by atoms with E-state index in [4.69, 9.17) is 4.74 Å². The van der Waals surface area contributed by atoms with Gasteiger partial charge in [0, 0.05) is 18.5 Å². The minimum absolute atomic E-state index is 0.144. The fourth-order valence-electron chi connectivity index (χ4n) is 3.79. The number of amides is 2. The molecule has 182 valence electrons. The second-order valence-corrected chi connectivity index (χ2v) is 7.74. The number of halogens is 6. The van der Waals surface area contributed by atoms with Crippen molar-refractivity contribution in [3.8, 4) is 5.75 Å². The Morgan fingerprint density at radius 1 is 1.15 bits per heavy atom. The maximum absolute atomic E-state index is 14.6. The third-order valence-electron chi connectivity index (χ3n) is 5.49. The molecular weight excluding hydrogens is 472 g/mol. The Labute approximate surface area is 188 Å². The molecule has 0 aliphatic carbocycles. The van der Waals surface area contributed by atoms with Crippen LogP contribution in [0, 0.1) is 11.7 Å². The number of piperazine rings is 1. The maximum atomic E-state index is 14.6. The molecule has 2 aromatic rings. The molecule has 1 aromatic carbocycles. The first-order chi connectivity index (χ1) is 16.0. The van der Waals surface area contributed by atoms with Crippen LogP contribution in [-0.4, -0.2) is 54.1 Å². The molecule has 1 aromatic heterocycles. The molecule has 0 N–H and O–H groups in total. The number of carbonyl (C=O) groups is 2. The molecule has 0 saturated carbocycles. The van der Waals surface area contributed by atoms with Crippen molar-refractivity contribution in [2.24, 2.45) is 5.92 Å². The zero-order valence-corrected chi connectivity index (χ0v) is 17.3. The summed E-state index contributed by atoms with van der Waals surface area (Å²) >= 11 is 0. The topological polar surface area (TPSA) is 72.0 Å². The minimum atomic E-state index is -4.52. The van der Waals surface area contributed by atoms with Crippen molar-refractivity contribution in [1.82, 2.24) is 9.88 Å². The molecule has 0 radical (unpaired) electrons. The second-order valence-electron chi connectivity index (χ2n) is 7.74. The smallest absolute Gasteiger partial charge is 0.416 e. The molecule has 1 unspecified atom stereocenters. The maximum Gasteiger partial charge on any atom is 0.416 e. The molecule has 2 aliphatic rings. The third-order valence-corrected chi connectivity index (χ3v) is 5.49. The number of pyridine rings is 1. The first-order valence-corrected chi connectivity index (χ1v) is 9.99. The molecule has 2 saturated heterocycles. The van der Waals surface area contributed by atoms with E-state index in [2.05, 4.69) is 9.72 Å². The van der Waals surface area contributed by atoms with E-state index in [0.29, 0.717) is 11.6 Å². The van der Waals surface area contributed by atoms with Gasteiger partial charge < -0.3 is 14.4 Å². The van der Waals surface area contributed by atoms with Crippen molar-refractivity contribution in [1.29, 1.82) is 0 Å². The predicted molar refractivity (Wildman–Crippen MR) is 103 cm³/mol. The summed E-state index contributed by atoms with van der Waals surface area (Å²) in [5.41, 5.74) is -0.487. The molecule has 4 rings (SSSR count). The van der Waals surface area contributed by atoms with Crippen LogP contribution in [-0.2, 0) is 27.0 Å². The monoisotopic (exact) mass is 489 g/mol. The Hall–Kier alpha value is -3.35. The molecule has 2 amide bonds. The molecule has 2 aliphatic heterocycles. The van der Waals surface area contributed by atoms with Crippen molar-refractivity contribution in [3.05, 3.63) is 53.5 Å². The Bertz CT molecular complexity index is 1080. The quantitative estimate of drug-likeness (QED) is 0.583. The van der Waals surface area contributed by atoms with E-state index in [0.717, 1.165) is 23.2 Å². The fourth-order valence-corrected chi connectivity index (χ4v) is 3.79. The van der Waals surface area contributed by atoms with Gasteiger partial charge in [0.1, 0.15) is 18.3 Å². The van der Waals surface area contributed by atoms with E-state index < -0.39 is 66.1 Å². The zero-order chi connectivity index (χ0) is 24.6.